The van der Waals surface area contributed by atoms with Gasteiger partial charge in [-0.15, -0.1) is 0 Å². The van der Waals surface area contributed by atoms with Crippen LogP contribution in [0.15, 0.2) is 18.2 Å². The van der Waals surface area contributed by atoms with Crippen molar-refractivity contribution in [2.45, 2.75) is 51.2 Å². The van der Waals surface area contributed by atoms with E-state index >= 15 is 0 Å². The monoisotopic (exact) mass is 406 g/mol. The molecule has 2 amide bonds. The number of rotatable bonds is 6. The van der Waals surface area contributed by atoms with Crippen molar-refractivity contribution >= 4 is 11.8 Å². The van der Waals surface area contributed by atoms with Gasteiger partial charge in [0.2, 0.25) is 11.8 Å². The van der Waals surface area contributed by atoms with Gasteiger partial charge >= 0.3 is 0 Å². The van der Waals surface area contributed by atoms with E-state index < -0.39 is 11.6 Å². The van der Waals surface area contributed by atoms with Crippen molar-refractivity contribution in [1.29, 1.82) is 0 Å². The number of carbonyl (C=O) groups excluding carboxylic acids is 2. The maximum absolute atomic E-state index is 13.9. The molecular formula is C22H28F2N2O3. The van der Waals surface area contributed by atoms with Gasteiger partial charge in [0.25, 0.3) is 0 Å². The largest absolute Gasteiger partial charge is 0.376 e. The number of nitrogens with zero attached hydrogens (tertiary/aromatic N) is 1. The van der Waals surface area contributed by atoms with Crippen LogP contribution in [0.3, 0.4) is 0 Å². The van der Waals surface area contributed by atoms with E-state index in [0.29, 0.717) is 30.8 Å². The van der Waals surface area contributed by atoms with Crippen LogP contribution in [0.2, 0.25) is 0 Å². The Morgan fingerprint density at radius 1 is 1.17 bits per heavy atom. The smallest absolute Gasteiger partial charge is 0.227 e. The maximum Gasteiger partial charge on any atom is 0.227 e. The number of fused-ring (bicyclic) bond motifs is 1. The second-order valence-electron chi connectivity index (χ2n) is 8.82. The molecule has 1 aromatic carbocycles. The molecule has 1 N–H and O–H groups in total. The summed E-state index contributed by atoms with van der Waals surface area (Å²) >= 11 is 0. The Labute approximate surface area is 169 Å². The molecule has 3 aliphatic rings. The quantitative estimate of drug-likeness (QED) is 0.790. The molecule has 4 atom stereocenters. The number of halogens is 2. The molecule has 5 nitrogen and oxygen atoms in total. The third-order valence-electron chi connectivity index (χ3n) is 6.46. The summed E-state index contributed by atoms with van der Waals surface area (Å²) in [5.41, 5.74) is 0.216. The fourth-order valence-electron chi connectivity index (χ4n) is 4.70. The summed E-state index contributed by atoms with van der Waals surface area (Å²) in [6.07, 6.45) is 3.94. The van der Waals surface area contributed by atoms with E-state index in [1.807, 2.05) is 0 Å². The Kier molecular flexibility index (Phi) is 5.86. The van der Waals surface area contributed by atoms with Crippen molar-refractivity contribution in [3.8, 4) is 0 Å². The molecule has 1 aliphatic heterocycles. The van der Waals surface area contributed by atoms with E-state index in [0.717, 1.165) is 25.5 Å². The van der Waals surface area contributed by atoms with Crippen molar-refractivity contribution in [2.24, 2.45) is 17.8 Å². The highest BCUT2D eigenvalue weighted by Gasteiger charge is 2.44. The number of hydrogen-bond donors (Lipinski definition) is 1. The van der Waals surface area contributed by atoms with Gasteiger partial charge in [-0.25, -0.2) is 8.78 Å². The molecule has 29 heavy (non-hydrogen) atoms. The summed E-state index contributed by atoms with van der Waals surface area (Å²) in [5, 5.41) is 3.03. The fraction of sp³-hybridized carbons (Fsp3) is 0.636. The molecule has 0 bridgehead atoms. The van der Waals surface area contributed by atoms with Gasteiger partial charge in [0, 0.05) is 32.7 Å². The Hall–Kier alpha value is -2.02. The zero-order valence-corrected chi connectivity index (χ0v) is 16.7. The number of benzene rings is 1. The topological polar surface area (TPSA) is 58.6 Å². The summed E-state index contributed by atoms with van der Waals surface area (Å²) < 4.78 is 33.1. The highest BCUT2D eigenvalue weighted by Crippen LogP contribution is 2.39. The van der Waals surface area contributed by atoms with Crippen LogP contribution in [0.25, 0.3) is 0 Å². The molecule has 2 saturated carbocycles. The van der Waals surface area contributed by atoms with Crippen LogP contribution in [0, 0.1) is 29.4 Å². The van der Waals surface area contributed by atoms with E-state index in [1.54, 1.807) is 4.90 Å². The summed E-state index contributed by atoms with van der Waals surface area (Å²) in [6, 6.07) is 3.29. The molecule has 1 saturated heterocycles. The number of amides is 2. The van der Waals surface area contributed by atoms with Gasteiger partial charge in [-0.1, -0.05) is 6.07 Å². The minimum Gasteiger partial charge on any atom is -0.376 e. The first-order chi connectivity index (χ1) is 13.9. The van der Waals surface area contributed by atoms with Gasteiger partial charge in [0.05, 0.1) is 18.6 Å². The predicted octanol–water partition coefficient (Wildman–Crippen LogP) is 2.68. The highest BCUT2D eigenvalue weighted by molar-refractivity contribution is 5.79. The average molecular weight is 406 g/mol. The maximum atomic E-state index is 13.9. The van der Waals surface area contributed by atoms with E-state index in [1.165, 1.54) is 31.9 Å². The molecule has 0 radical (unpaired) electrons. The summed E-state index contributed by atoms with van der Waals surface area (Å²) in [7, 11) is 0. The van der Waals surface area contributed by atoms with E-state index in [-0.39, 0.29) is 35.9 Å². The second kappa shape index (κ2) is 8.38. The van der Waals surface area contributed by atoms with Crippen molar-refractivity contribution in [3.05, 3.63) is 35.4 Å². The SMILES string of the molecule is CC(=O)N[C@@H]1C[C@@H]2CN(C(=O)Cc3ccc(F)cc3F)C[C@@H]2C[C@H]1OCC1CC1. The minimum absolute atomic E-state index is 0.0228. The number of carbonyl (C=O) groups is 2. The molecule has 0 spiro atoms. The van der Waals surface area contributed by atoms with Crippen LogP contribution in [-0.4, -0.2) is 48.6 Å². The number of nitrogens with one attached hydrogen (secondary N) is 1. The minimum atomic E-state index is -0.686. The van der Waals surface area contributed by atoms with Gasteiger partial charge < -0.3 is 15.0 Å². The van der Waals surface area contributed by atoms with Gasteiger partial charge in [-0.2, -0.15) is 0 Å². The van der Waals surface area contributed by atoms with Crippen LogP contribution in [-0.2, 0) is 20.7 Å². The van der Waals surface area contributed by atoms with Crippen LogP contribution in [0.1, 0.15) is 38.2 Å². The van der Waals surface area contributed by atoms with Crippen molar-refractivity contribution in [2.75, 3.05) is 19.7 Å². The van der Waals surface area contributed by atoms with Crippen LogP contribution in [0.5, 0.6) is 0 Å². The van der Waals surface area contributed by atoms with Gasteiger partial charge in [0.1, 0.15) is 11.6 Å². The summed E-state index contributed by atoms with van der Waals surface area (Å²) in [4.78, 5) is 26.1. The molecule has 1 aromatic rings. The lowest BCUT2D eigenvalue weighted by molar-refractivity contribution is -0.129. The molecule has 0 unspecified atom stereocenters. The Morgan fingerprint density at radius 3 is 2.55 bits per heavy atom. The summed E-state index contributed by atoms with van der Waals surface area (Å²) in [6.45, 7) is 3.50. The highest BCUT2D eigenvalue weighted by atomic mass is 19.1. The van der Waals surface area contributed by atoms with E-state index in [9.17, 15) is 18.4 Å². The zero-order valence-electron chi connectivity index (χ0n) is 16.7. The number of ether oxygens (including phenoxy) is 1. The zero-order chi connectivity index (χ0) is 20.5. The fourth-order valence-corrected chi connectivity index (χ4v) is 4.70. The molecule has 4 rings (SSSR count). The first-order valence-electron chi connectivity index (χ1n) is 10.5. The standard InChI is InChI=1S/C22H28F2N2O3/c1-13(27)25-20-6-16-10-26(11-17(16)7-21(20)29-12-14-2-3-14)22(28)8-15-4-5-18(23)9-19(15)24/h4-5,9,14,16-17,20-21H,2-3,6-8,10-12H2,1H3,(H,25,27)/t16-,17+,20-,21-/m1/s1. The Morgan fingerprint density at radius 2 is 1.90 bits per heavy atom. The van der Waals surface area contributed by atoms with Crippen LogP contribution < -0.4 is 5.32 Å². The van der Waals surface area contributed by atoms with Crippen molar-refractivity contribution < 1.29 is 23.1 Å². The first-order valence-corrected chi connectivity index (χ1v) is 10.5. The van der Waals surface area contributed by atoms with Crippen LogP contribution >= 0.6 is 0 Å². The van der Waals surface area contributed by atoms with E-state index in [2.05, 4.69) is 5.32 Å². The van der Waals surface area contributed by atoms with Gasteiger partial charge in [-0.3, -0.25) is 9.59 Å². The molecule has 3 fully saturated rings. The second-order valence-corrected chi connectivity index (χ2v) is 8.82. The predicted molar refractivity (Wildman–Crippen MR) is 103 cm³/mol. The van der Waals surface area contributed by atoms with Gasteiger partial charge in [0.15, 0.2) is 0 Å². The summed E-state index contributed by atoms with van der Waals surface area (Å²) in [5.74, 6) is -0.261. The molecule has 2 aliphatic carbocycles. The Balaban J connectivity index is 1.38. The third-order valence-corrected chi connectivity index (χ3v) is 6.46. The molecule has 158 valence electrons. The lowest BCUT2D eigenvalue weighted by atomic mass is 9.77. The van der Waals surface area contributed by atoms with Crippen molar-refractivity contribution in [1.82, 2.24) is 10.2 Å². The van der Waals surface area contributed by atoms with Crippen LogP contribution in [0.4, 0.5) is 8.78 Å². The third kappa shape index (κ3) is 4.94. The Bertz CT molecular complexity index is 783. The number of hydrogen-bond acceptors (Lipinski definition) is 3. The lowest BCUT2D eigenvalue weighted by Gasteiger charge is -2.38. The molecular weight excluding hydrogens is 378 g/mol. The normalized spacial score (nSPS) is 28.9. The average Bonchev–Trinajstić information content (AvgIpc) is 3.39. The van der Waals surface area contributed by atoms with Gasteiger partial charge in [-0.05, 0) is 55.1 Å². The molecule has 1 heterocycles. The lowest BCUT2D eigenvalue weighted by Crippen LogP contribution is -2.50. The van der Waals surface area contributed by atoms with Crippen molar-refractivity contribution in [3.63, 3.8) is 0 Å². The number of likely N-dealkylation sites (tertiary alicyclic amines) is 1. The molecule has 7 heteroatoms. The van der Waals surface area contributed by atoms with E-state index in [4.69, 9.17) is 4.74 Å². The molecule has 0 aromatic heterocycles. The first kappa shape index (κ1) is 20.3.